The minimum atomic E-state index is -0.229. The molecular formula is C12H18FNO2. The number of aryl methyl sites for hydroxylation is 1. The first-order chi connectivity index (χ1) is 7.67. The van der Waals surface area contributed by atoms with Crippen LogP contribution >= 0.6 is 0 Å². The van der Waals surface area contributed by atoms with E-state index >= 15 is 0 Å². The lowest BCUT2D eigenvalue weighted by Gasteiger charge is -2.16. The molecule has 0 aliphatic heterocycles. The molecule has 16 heavy (non-hydrogen) atoms. The molecule has 0 saturated heterocycles. The molecule has 0 fully saturated rings. The Hall–Kier alpha value is -1.13. The summed E-state index contributed by atoms with van der Waals surface area (Å²) in [6.07, 6.45) is 0.636. The topological polar surface area (TPSA) is 41.5 Å². The van der Waals surface area contributed by atoms with Crippen LogP contribution in [0.25, 0.3) is 0 Å². The van der Waals surface area contributed by atoms with Gasteiger partial charge in [0, 0.05) is 12.6 Å². The Morgan fingerprint density at radius 2 is 2.25 bits per heavy atom. The summed E-state index contributed by atoms with van der Waals surface area (Å²) in [6, 6.07) is 4.77. The second-order valence-corrected chi connectivity index (χ2v) is 3.72. The number of aliphatic hydroxyl groups excluding tert-OH is 1. The number of hydrogen-bond acceptors (Lipinski definition) is 3. The maximum atomic E-state index is 13.0. The smallest absolute Gasteiger partial charge is 0.126 e. The van der Waals surface area contributed by atoms with Crippen LogP contribution in [0.15, 0.2) is 18.2 Å². The van der Waals surface area contributed by atoms with E-state index < -0.39 is 0 Å². The van der Waals surface area contributed by atoms with Gasteiger partial charge in [-0.05, 0) is 44.2 Å². The molecule has 0 bridgehead atoms. The molecule has 1 atom stereocenters. The largest absolute Gasteiger partial charge is 0.492 e. The van der Waals surface area contributed by atoms with Gasteiger partial charge in [-0.3, -0.25) is 0 Å². The molecule has 0 saturated carbocycles. The van der Waals surface area contributed by atoms with E-state index in [4.69, 9.17) is 9.84 Å². The van der Waals surface area contributed by atoms with Gasteiger partial charge in [0.25, 0.3) is 0 Å². The molecule has 0 aromatic heterocycles. The fraction of sp³-hybridized carbons (Fsp3) is 0.500. The predicted octanol–water partition coefficient (Wildman–Crippen LogP) is 1.48. The van der Waals surface area contributed by atoms with Gasteiger partial charge in [-0.1, -0.05) is 0 Å². The zero-order valence-electron chi connectivity index (χ0n) is 9.66. The first-order valence-corrected chi connectivity index (χ1v) is 5.34. The van der Waals surface area contributed by atoms with Crippen LogP contribution in [-0.4, -0.2) is 31.4 Å². The second kappa shape index (κ2) is 6.45. The number of nitrogens with one attached hydrogen (secondary N) is 1. The van der Waals surface area contributed by atoms with Crippen LogP contribution in [0, 0.1) is 12.7 Å². The Morgan fingerprint density at radius 1 is 1.50 bits per heavy atom. The van der Waals surface area contributed by atoms with Crippen molar-refractivity contribution in [2.24, 2.45) is 0 Å². The van der Waals surface area contributed by atoms with Crippen molar-refractivity contribution in [2.75, 3.05) is 20.3 Å². The van der Waals surface area contributed by atoms with Gasteiger partial charge in [-0.2, -0.15) is 0 Å². The number of likely N-dealkylation sites (N-methyl/N-ethyl adjacent to an activating group) is 1. The average Bonchev–Trinajstić information content (AvgIpc) is 2.28. The molecule has 0 aliphatic carbocycles. The Balaban J connectivity index is 2.50. The standard InChI is InChI=1S/C12H18FNO2/c1-9-7-11(3-4-12(9)13)16-8-10(14-2)5-6-15/h3-4,7,10,14-15H,5-6,8H2,1-2H3. The monoisotopic (exact) mass is 227 g/mol. The molecule has 1 unspecified atom stereocenters. The van der Waals surface area contributed by atoms with Crippen molar-refractivity contribution in [2.45, 2.75) is 19.4 Å². The summed E-state index contributed by atoms with van der Waals surface area (Å²) in [5.41, 5.74) is 0.570. The molecule has 0 aliphatic rings. The van der Waals surface area contributed by atoms with Crippen molar-refractivity contribution in [1.82, 2.24) is 5.32 Å². The molecule has 2 N–H and O–H groups in total. The van der Waals surface area contributed by atoms with Gasteiger partial charge in [0.1, 0.15) is 18.2 Å². The van der Waals surface area contributed by atoms with Gasteiger partial charge in [-0.15, -0.1) is 0 Å². The van der Waals surface area contributed by atoms with E-state index in [1.807, 2.05) is 7.05 Å². The maximum absolute atomic E-state index is 13.0. The van der Waals surface area contributed by atoms with E-state index in [1.54, 1.807) is 19.1 Å². The third-order valence-electron chi connectivity index (χ3n) is 2.47. The highest BCUT2D eigenvalue weighted by atomic mass is 19.1. The number of rotatable bonds is 6. The van der Waals surface area contributed by atoms with Crippen LogP contribution in [0.1, 0.15) is 12.0 Å². The molecule has 0 radical (unpaired) electrons. The number of aliphatic hydroxyl groups is 1. The van der Waals surface area contributed by atoms with Crippen LogP contribution in [0.2, 0.25) is 0 Å². The maximum Gasteiger partial charge on any atom is 0.126 e. The van der Waals surface area contributed by atoms with Crippen molar-refractivity contribution in [3.8, 4) is 5.75 Å². The van der Waals surface area contributed by atoms with Gasteiger partial charge in [0.15, 0.2) is 0 Å². The summed E-state index contributed by atoms with van der Waals surface area (Å²) >= 11 is 0. The lowest BCUT2D eigenvalue weighted by Crippen LogP contribution is -2.32. The van der Waals surface area contributed by atoms with Gasteiger partial charge in [0.2, 0.25) is 0 Å². The third-order valence-corrected chi connectivity index (χ3v) is 2.47. The van der Waals surface area contributed by atoms with Crippen LogP contribution in [0.4, 0.5) is 4.39 Å². The van der Waals surface area contributed by atoms with E-state index in [2.05, 4.69) is 5.32 Å². The molecule has 1 aromatic carbocycles. The Kier molecular flexibility index (Phi) is 5.22. The highest BCUT2D eigenvalue weighted by molar-refractivity contribution is 5.28. The van der Waals surface area contributed by atoms with Crippen LogP contribution in [0.5, 0.6) is 5.75 Å². The summed E-state index contributed by atoms with van der Waals surface area (Å²) in [6.45, 7) is 2.28. The number of ether oxygens (including phenoxy) is 1. The van der Waals surface area contributed by atoms with Crippen molar-refractivity contribution < 1.29 is 14.2 Å². The van der Waals surface area contributed by atoms with Gasteiger partial charge in [0.05, 0.1) is 0 Å². The molecule has 1 aromatic rings. The number of halogens is 1. The highest BCUT2D eigenvalue weighted by Gasteiger charge is 2.06. The third kappa shape index (κ3) is 3.79. The molecule has 4 heteroatoms. The molecular weight excluding hydrogens is 209 g/mol. The lowest BCUT2D eigenvalue weighted by atomic mass is 10.2. The van der Waals surface area contributed by atoms with Crippen molar-refractivity contribution in [1.29, 1.82) is 0 Å². The highest BCUT2D eigenvalue weighted by Crippen LogP contribution is 2.16. The van der Waals surface area contributed by atoms with Gasteiger partial charge >= 0.3 is 0 Å². The average molecular weight is 227 g/mol. The van der Waals surface area contributed by atoms with E-state index in [1.165, 1.54) is 6.07 Å². The normalized spacial score (nSPS) is 12.5. The molecule has 0 heterocycles. The number of benzene rings is 1. The SMILES string of the molecule is CNC(CCO)COc1ccc(F)c(C)c1. The van der Waals surface area contributed by atoms with E-state index in [-0.39, 0.29) is 18.5 Å². The quantitative estimate of drug-likeness (QED) is 0.773. The first kappa shape index (κ1) is 12.9. The molecule has 0 amide bonds. The molecule has 90 valence electrons. The minimum Gasteiger partial charge on any atom is -0.492 e. The fourth-order valence-corrected chi connectivity index (χ4v) is 1.37. The van der Waals surface area contributed by atoms with Crippen LogP contribution in [0.3, 0.4) is 0 Å². The lowest BCUT2D eigenvalue weighted by molar-refractivity contribution is 0.218. The van der Waals surface area contributed by atoms with Crippen molar-refractivity contribution >= 4 is 0 Å². The molecule has 1 rings (SSSR count). The molecule has 3 nitrogen and oxygen atoms in total. The zero-order chi connectivity index (χ0) is 12.0. The van der Waals surface area contributed by atoms with Gasteiger partial charge in [-0.25, -0.2) is 4.39 Å². The van der Waals surface area contributed by atoms with Crippen LogP contribution < -0.4 is 10.1 Å². The van der Waals surface area contributed by atoms with Crippen molar-refractivity contribution in [3.05, 3.63) is 29.6 Å². The van der Waals surface area contributed by atoms with E-state index in [0.717, 1.165) is 0 Å². The van der Waals surface area contributed by atoms with Gasteiger partial charge < -0.3 is 15.2 Å². The zero-order valence-corrected chi connectivity index (χ0v) is 9.66. The fourth-order valence-electron chi connectivity index (χ4n) is 1.37. The minimum absolute atomic E-state index is 0.107. The Labute approximate surface area is 95.2 Å². The second-order valence-electron chi connectivity index (χ2n) is 3.72. The van der Waals surface area contributed by atoms with Crippen LogP contribution in [-0.2, 0) is 0 Å². The summed E-state index contributed by atoms with van der Waals surface area (Å²) in [7, 11) is 1.82. The summed E-state index contributed by atoms with van der Waals surface area (Å²) in [5, 5.41) is 11.8. The van der Waals surface area contributed by atoms with E-state index in [9.17, 15) is 4.39 Å². The Morgan fingerprint density at radius 3 is 2.81 bits per heavy atom. The summed E-state index contributed by atoms with van der Waals surface area (Å²) in [4.78, 5) is 0. The first-order valence-electron chi connectivity index (χ1n) is 5.34. The summed E-state index contributed by atoms with van der Waals surface area (Å²) in [5.74, 6) is 0.421. The summed E-state index contributed by atoms with van der Waals surface area (Å²) < 4.78 is 18.5. The van der Waals surface area contributed by atoms with Crippen molar-refractivity contribution in [3.63, 3.8) is 0 Å². The van der Waals surface area contributed by atoms with E-state index in [0.29, 0.717) is 24.3 Å². The Bertz CT molecular complexity index is 331. The predicted molar refractivity (Wildman–Crippen MR) is 61.2 cm³/mol. The molecule has 0 spiro atoms. The number of hydrogen-bond donors (Lipinski definition) is 2.